The van der Waals surface area contributed by atoms with Crippen molar-refractivity contribution in [2.45, 2.75) is 31.2 Å². The first-order chi connectivity index (χ1) is 9.78. The van der Waals surface area contributed by atoms with E-state index in [1.165, 1.54) is 16.7 Å². The standard InChI is InChI=1S/C18H21NO/c1-20-15-8-9-16-14(12-15)7-10-18(19)17(16)11-13-5-3-2-4-6-13/h2-6,8-9,12,17-18H,7,10-11,19H2,1H3/t17-,18+/m1/s1. The van der Waals surface area contributed by atoms with E-state index in [0.29, 0.717) is 5.92 Å². The molecule has 1 aliphatic carbocycles. The Labute approximate surface area is 120 Å². The third-order valence-electron chi connectivity index (χ3n) is 4.31. The lowest BCUT2D eigenvalue weighted by molar-refractivity contribution is 0.411. The van der Waals surface area contributed by atoms with Gasteiger partial charge in [-0.1, -0.05) is 36.4 Å². The third kappa shape index (κ3) is 2.56. The number of methoxy groups -OCH3 is 1. The second kappa shape index (κ2) is 5.68. The molecular formula is C18H21NO. The van der Waals surface area contributed by atoms with Gasteiger partial charge in [0, 0.05) is 12.0 Å². The van der Waals surface area contributed by atoms with Crippen molar-refractivity contribution in [1.82, 2.24) is 0 Å². The van der Waals surface area contributed by atoms with Gasteiger partial charge in [-0.05, 0) is 48.1 Å². The summed E-state index contributed by atoms with van der Waals surface area (Å²) in [7, 11) is 1.72. The smallest absolute Gasteiger partial charge is 0.119 e. The highest BCUT2D eigenvalue weighted by Crippen LogP contribution is 2.35. The monoisotopic (exact) mass is 267 g/mol. The second-order valence-corrected chi connectivity index (χ2v) is 5.56. The van der Waals surface area contributed by atoms with Crippen LogP contribution in [0.5, 0.6) is 5.75 Å². The lowest BCUT2D eigenvalue weighted by atomic mass is 9.76. The fourth-order valence-corrected chi connectivity index (χ4v) is 3.17. The fraction of sp³-hybridized carbons (Fsp3) is 0.333. The Hall–Kier alpha value is -1.80. The van der Waals surface area contributed by atoms with Gasteiger partial charge in [-0.2, -0.15) is 0 Å². The molecule has 3 rings (SSSR count). The molecule has 0 aromatic heterocycles. The fourth-order valence-electron chi connectivity index (χ4n) is 3.17. The lowest BCUT2D eigenvalue weighted by Gasteiger charge is -2.31. The Morgan fingerprint density at radius 3 is 2.70 bits per heavy atom. The molecule has 2 aromatic carbocycles. The van der Waals surface area contributed by atoms with Crippen LogP contribution in [-0.2, 0) is 12.8 Å². The van der Waals surface area contributed by atoms with Crippen molar-refractivity contribution in [2.24, 2.45) is 5.73 Å². The van der Waals surface area contributed by atoms with E-state index in [9.17, 15) is 0 Å². The number of benzene rings is 2. The second-order valence-electron chi connectivity index (χ2n) is 5.56. The first-order valence-corrected chi connectivity index (χ1v) is 7.24. The van der Waals surface area contributed by atoms with Gasteiger partial charge in [0.25, 0.3) is 0 Å². The molecule has 0 amide bonds. The Balaban J connectivity index is 1.91. The van der Waals surface area contributed by atoms with E-state index in [1.807, 2.05) is 0 Å². The van der Waals surface area contributed by atoms with Crippen LogP contribution < -0.4 is 10.5 Å². The summed E-state index contributed by atoms with van der Waals surface area (Å²) >= 11 is 0. The van der Waals surface area contributed by atoms with Crippen LogP contribution in [0.3, 0.4) is 0 Å². The highest BCUT2D eigenvalue weighted by molar-refractivity contribution is 5.41. The Kier molecular flexibility index (Phi) is 3.75. The van der Waals surface area contributed by atoms with E-state index in [4.69, 9.17) is 10.5 Å². The largest absolute Gasteiger partial charge is 0.497 e. The third-order valence-corrected chi connectivity index (χ3v) is 4.31. The van der Waals surface area contributed by atoms with E-state index in [1.54, 1.807) is 7.11 Å². The van der Waals surface area contributed by atoms with Crippen molar-refractivity contribution in [3.8, 4) is 5.75 Å². The summed E-state index contributed by atoms with van der Waals surface area (Å²) in [5.41, 5.74) is 10.5. The molecule has 0 saturated heterocycles. The molecule has 0 radical (unpaired) electrons. The van der Waals surface area contributed by atoms with Gasteiger partial charge in [-0.25, -0.2) is 0 Å². The first kappa shape index (κ1) is 13.2. The van der Waals surface area contributed by atoms with Gasteiger partial charge in [-0.15, -0.1) is 0 Å². The topological polar surface area (TPSA) is 35.2 Å². The van der Waals surface area contributed by atoms with Crippen molar-refractivity contribution in [3.05, 3.63) is 65.2 Å². The summed E-state index contributed by atoms with van der Waals surface area (Å²) in [6.07, 6.45) is 3.12. The molecular weight excluding hydrogens is 246 g/mol. The van der Waals surface area contributed by atoms with Crippen molar-refractivity contribution >= 4 is 0 Å². The van der Waals surface area contributed by atoms with Gasteiger partial charge in [0.05, 0.1) is 7.11 Å². The van der Waals surface area contributed by atoms with Gasteiger partial charge >= 0.3 is 0 Å². The van der Waals surface area contributed by atoms with Crippen molar-refractivity contribution in [2.75, 3.05) is 7.11 Å². The minimum Gasteiger partial charge on any atom is -0.497 e. The number of nitrogens with two attached hydrogens (primary N) is 1. The summed E-state index contributed by atoms with van der Waals surface area (Å²) in [6.45, 7) is 0. The minimum absolute atomic E-state index is 0.246. The molecule has 0 bridgehead atoms. The SMILES string of the molecule is COc1ccc2c(c1)CC[C@H](N)[C@@H]2Cc1ccccc1. The van der Waals surface area contributed by atoms with E-state index < -0.39 is 0 Å². The summed E-state index contributed by atoms with van der Waals surface area (Å²) < 4.78 is 5.33. The average Bonchev–Trinajstić information content (AvgIpc) is 2.50. The predicted molar refractivity (Wildman–Crippen MR) is 82.2 cm³/mol. The summed E-state index contributed by atoms with van der Waals surface area (Å²) in [5.74, 6) is 1.35. The van der Waals surface area contributed by atoms with E-state index >= 15 is 0 Å². The zero-order valence-corrected chi connectivity index (χ0v) is 11.9. The molecule has 20 heavy (non-hydrogen) atoms. The van der Waals surface area contributed by atoms with Crippen LogP contribution in [-0.4, -0.2) is 13.2 Å². The van der Waals surface area contributed by atoms with E-state index in [2.05, 4.69) is 48.5 Å². The normalized spacial score (nSPS) is 21.3. The van der Waals surface area contributed by atoms with Crippen LogP contribution in [0.2, 0.25) is 0 Å². The van der Waals surface area contributed by atoms with Gasteiger partial charge in [0.15, 0.2) is 0 Å². The van der Waals surface area contributed by atoms with Gasteiger partial charge in [0.1, 0.15) is 5.75 Å². The molecule has 0 fully saturated rings. The maximum Gasteiger partial charge on any atom is 0.119 e. The predicted octanol–water partition coefficient (Wildman–Crippen LogP) is 3.30. The van der Waals surface area contributed by atoms with Crippen molar-refractivity contribution in [3.63, 3.8) is 0 Å². The maximum atomic E-state index is 6.38. The molecule has 0 heterocycles. The van der Waals surface area contributed by atoms with Crippen LogP contribution in [0.1, 0.15) is 29.0 Å². The van der Waals surface area contributed by atoms with E-state index in [-0.39, 0.29) is 6.04 Å². The molecule has 1 aliphatic rings. The average molecular weight is 267 g/mol. The number of ether oxygens (including phenoxy) is 1. The quantitative estimate of drug-likeness (QED) is 0.926. The molecule has 2 atom stereocenters. The van der Waals surface area contributed by atoms with Crippen molar-refractivity contribution in [1.29, 1.82) is 0 Å². The Morgan fingerprint density at radius 2 is 1.95 bits per heavy atom. The van der Waals surface area contributed by atoms with Gasteiger partial charge in [-0.3, -0.25) is 0 Å². The van der Waals surface area contributed by atoms with Crippen LogP contribution in [0.15, 0.2) is 48.5 Å². The van der Waals surface area contributed by atoms with Crippen LogP contribution >= 0.6 is 0 Å². The molecule has 0 aliphatic heterocycles. The molecule has 104 valence electrons. The molecule has 2 nitrogen and oxygen atoms in total. The number of fused-ring (bicyclic) bond motifs is 1. The lowest BCUT2D eigenvalue weighted by Crippen LogP contribution is -2.34. The summed E-state index contributed by atoms with van der Waals surface area (Å²) in [4.78, 5) is 0. The van der Waals surface area contributed by atoms with Gasteiger partial charge in [0.2, 0.25) is 0 Å². The van der Waals surface area contributed by atoms with Gasteiger partial charge < -0.3 is 10.5 Å². The molecule has 2 N–H and O–H groups in total. The molecule has 2 aromatic rings. The molecule has 0 saturated carbocycles. The zero-order valence-electron chi connectivity index (χ0n) is 11.9. The van der Waals surface area contributed by atoms with Crippen LogP contribution in [0, 0.1) is 0 Å². The number of hydrogen-bond acceptors (Lipinski definition) is 2. The Bertz CT molecular complexity index is 579. The van der Waals surface area contributed by atoms with E-state index in [0.717, 1.165) is 25.0 Å². The first-order valence-electron chi connectivity index (χ1n) is 7.24. The molecule has 0 spiro atoms. The van der Waals surface area contributed by atoms with Crippen molar-refractivity contribution < 1.29 is 4.74 Å². The number of hydrogen-bond donors (Lipinski definition) is 1. The summed E-state index contributed by atoms with van der Waals surface area (Å²) in [6, 6.07) is 17.3. The van der Waals surface area contributed by atoms with Crippen LogP contribution in [0.4, 0.5) is 0 Å². The highest BCUT2D eigenvalue weighted by Gasteiger charge is 2.27. The zero-order chi connectivity index (χ0) is 13.9. The highest BCUT2D eigenvalue weighted by atomic mass is 16.5. The molecule has 0 unspecified atom stereocenters. The number of rotatable bonds is 3. The Morgan fingerprint density at radius 1 is 1.15 bits per heavy atom. The number of aryl methyl sites for hydroxylation is 1. The minimum atomic E-state index is 0.246. The summed E-state index contributed by atoms with van der Waals surface area (Å²) in [5, 5.41) is 0. The maximum absolute atomic E-state index is 6.38. The molecule has 2 heteroatoms. The van der Waals surface area contributed by atoms with Crippen LogP contribution in [0.25, 0.3) is 0 Å².